The number of carbonyl (C=O) groups is 3. The third-order valence-electron chi connectivity index (χ3n) is 3.21. The van der Waals surface area contributed by atoms with Crippen LogP contribution < -0.4 is 16.8 Å². The van der Waals surface area contributed by atoms with E-state index in [0.29, 0.717) is 0 Å². The maximum absolute atomic E-state index is 11.8. The molecule has 1 rings (SSSR count). The number of ether oxygens (including phenoxy) is 2. The summed E-state index contributed by atoms with van der Waals surface area (Å²) in [6, 6.07) is -2.64. The van der Waals surface area contributed by atoms with Crippen molar-refractivity contribution in [2.24, 2.45) is 11.5 Å². The number of aliphatic hydroxyl groups is 3. The van der Waals surface area contributed by atoms with E-state index in [2.05, 4.69) is 5.32 Å². The van der Waals surface area contributed by atoms with Crippen LogP contribution in [0.15, 0.2) is 0 Å². The summed E-state index contributed by atoms with van der Waals surface area (Å²) in [5.74, 6) is -2.44. The quantitative estimate of drug-likeness (QED) is 0.260. The molecule has 1 fully saturated rings. The Kier molecular flexibility index (Phi) is 6.84. The molecule has 1 aliphatic heterocycles. The lowest BCUT2D eigenvalue weighted by molar-refractivity contribution is -0.264. The normalized spacial score (nSPS) is 32.0. The lowest BCUT2D eigenvalue weighted by Crippen LogP contribution is -2.65. The maximum atomic E-state index is 11.8. The Morgan fingerprint density at radius 2 is 1.91 bits per heavy atom. The second-order valence-corrected chi connectivity index (χ2v) is 5.15. The molecule has 0 radical (unpaired) electrons. The molecular weight excluding hydrogens is 314 g/mol. The van der Waals surface area contributed by atoms with E-state index in [0.717, 1.165) is 6.92 Å². The van der Waals surface area contributed by atoms with Crippen LogP contribution in [0.4, 0.5) is 0 Å². The first kappa shape index (κ1) is 19.3. The molecular formula is C12H21N3O8. The van der Waals surface area contributed by atoms with Crippen LogP contribution in [0.1, 0.15) is 13.3 Å². The third-order valence-corrected chi connectivity index (χ3v) is 3.21. The molecule has 1 saturated heterocycles. The fourth-order valence-corrected chi connectivity index (χ4v) is 2.07. The molecule has 132 valence electrons. The highest BCUT2D eigenvalue weighted by Crippen LogP contribution is 2.22. The molecule has 0 aromatic carbocycles. The van der Waals surface area contributed by atoms with Gasteiger partial charge in [-0.3, -0.25) is 14.4 Å². The molecule has 0 aliphatic carbocycles. The van der Waals surface area contributed by atoms with Gasteiger partial charge < -0.3 is 41.6 Å². The van der Waals surface area contributed by atoms with E-state index in [1.54, 1.807) is 0 Å². The molecule has 0 saturated carbocycles. The van der Waals surface area contributed by atoms with Gasteiger partial charge in [-0.25, -0.2) is 0 Å². The van der Waals surface area contributed by atoms with E-state index in [1.165, 1.54) is 0 Å². The van der Waals surface area contributed by atoms with Crippen LogP contribution >= 0.6 is 0 Å². The van der Waals surface area contributed by atoms with E-state index in [1.807, 2.05) is 0 Å². The zero-order valence-electron chi connectivity index (χ0n) is 12.4. The molecule has 0 unspecified atom stereocenters. The van der Waals surface area contributed by atoms with Gasteiger partial charge in [0.1, 0.15) is 30.4 Å². The number of aliphatic hydroxyl groups excluding tert-OH is 3. The largest absolute Gasteiger partial charge is 0.432 e. The van der Waals surface area contributed by atoms with Gasteiger partial charge in [0.15, 0.2) is 0 Å². The highest BCUT2D eigenvalue weighted by molar-refractivity contribution is 5.84. The number of hydrogen-bond acceptors (Lipinski definition) is 9. The SMILES string of the molecule is CC(=O)N[C@H]1[C@H](OC(=O)[C@@H](N)CC(N)=O)O[C@H](CO)[C@@H](O)[C@@H]1O. The summed E-state index contributed by atoms with van der Waals surface area (Å²) in [4.78, 5) is 33.7. The number of primary amides is 1. The zero-order valence-corrected chi connectivity index (χ0v) is 12.4. The summed E-state index contributed by atoms with van der Waals surface area (Å²) in [6.07, 6.45) is -6.28. The van der Waals surface area contributed by atoms with Gasteiger partial charge in [0, 0.05) is 6.92 Å². The molecule has 0 aromatic rings. The number of nitrogens with one attached hydrogen (secondary N) is 1. The lowest BCUT2D eigenvalue weighted by Gasteiger charge is -2.41. The van der Waals surface area contributed by atoms with Crippen LogP contribution in [-0.2, 0) is 23.9 Å². The van der Waals surface area contributed by atoms with Gasteiger partial charge in [0.05, 0.1) is 13.0 Å². The van der Waals surface area contributed by atoms with Gasteiger partial charge in [-0.2, -0.15) is 0 Å². The van der Waals surface area contributed by atoms with Crippen molar-refractivity contribution in [2.45, 2.75) is 50.0 Å². The van der Waals surface area contributed by atoms with Crippen molar-refractivity contribution in [2.75, 3.05) is 6.61 Å². The third kappa shape index (κ3) is 5.11. The van der Waals surface area contributed by atoms with Gasteiger partial charge >= 0.3 is 5.97 Å². The summed E-state index contributed by atoms with van der Waals surface area (Å²) in [6.45, 7) is 0.487. The Morgan fingerprint density at radius 1 is 1.30 bits per heavy atom. The first-order chi connectivity index (χ1) is 10.7. The van der Waals surface area contributed by atoms with E-state index in [-0.39, 0.29) is 0 Å². The first-order valence-corrected chi connectivity index (χ1v) is 6.81. The Labute approximate surface area is 131 Å². The smallest absolute Gasteiger partial charge is 0.325 e. The van der Waals surface area contributed by atoms with Gasteiger partial charge in [0.25, 0.3) is 0 Å². The van der Waals surface area contributed by atoms with Gasteiger partial charge in [0.2, 0.25) is 18.1 Å². The minimum atomic E-state index is -1.56. The van der Waals surface area contributed by atoms with Crippen LogP contribution in [0, 0.1) is 0 Å². The molecule has 23 heavy (non-hydrogen) atoms. The van der Waals surface area contributed by atoms with Gasteiger partial charge in [-0.1, -0.05) is 0 Å². The van der Waals surface area contributed by atoms with Crippen LogP contribution in [0.3, 0.4) is 0 Å². The van der Waals surface area contributed by atoms with Crippen molar-refractivity contribution in [1.82, 2.24) is 5.32 Å². The average Bonchev–Trinajstić information content (AvgIpc) is 2.45. The highest BCUT2D eigenvalue weighted by atomic mass is 16.7. The molecule has 11 nitrogen and oxygen atoms in total. The van der Waals surface area contributed by atoms with Crippen molar-refractivity contribution in [3.8, 4) is 0 Å². The van der Waals surface area contributed by atoms with E-state index in [4.69, 9.17) is 26.0 Å². The number of hydrogen-bond donors (Lipinski definition) is 6. The van der Waals surface area contributed by atoms with Crippen molar-refractivity contribution in [3.05, 3.63) is 0 Å². The van der Waals surface area contributed by atoms with Crippen LogP contribution in [0.5, 0.6) is 0 Å². The van der Waals surface area contributed by atoms with Crippen molar-refractivity contribution in [1.29, 1.82) is 0 Å². The molecule has 8 N–H and O–H groups in total. The number of rotatable bonds is 6. The first-order valence-electron chi connectivity index (χ1n) is 6.81. The van der Waals surface area contributed by atoms with E-state index < -0.39 is 67.5 Å². The van der Waals surface area contributed by atoms with Gasteiger partial charge in [-0.15, -0.1) is 0 Å². The Bertz CT molecular complexity index is 460. The topological polar surface area (TPSA) is 194 Å². The summed E-state index contributed by atoms with van der Waals surface area (Å²) < 4.78 is 10.1. The van der Waals surface area contributed by atoms with Crippen molar-refractivity contribution >= 4 is 17.8 Å². The fraction of sp³-hybridized carbons (Fsp3) is 0.750. The van der Waals surface area contributed by atoms with Crippen LogP contribution in [-0.4, -0.2) is 76.4 Å². The molecule has 0 spiro atoms. The Balaban J connectivity index is 2.86. The molecule has 0 aromatic heterocycles. The molecule has 6 atom stereocenters. The Morgan fingerprint density at radius 3 is 2.39 bits per heavy atom. The number of carbonyl (C=O) groups excluding carboxylic acids is 3. The standard InChI is InChI=1S/C12H21N3O8/c1-4(17)15-8-10(20)9(19)6(3-16)22-12(8)23-11(21)5(13)2-7(14)18/h5-6,8-10,12,16,19-20H,2-3,13H2,1H3,(H2,14,18)(H,15,17)/t5-,6+,8+,9+,10+,12-/m0/s1. The van der Waals surface area contributed by atoms with Crippen LogP contribution in [0.25, 0.3) is 0 Å². The minimum absolute atomic E-state index is 0.467. The fourth-order valence-electron chi connectivity index (χ4n) is 2.07. The Hall–Kier alpha value is -1.79. The van der Waals surface area contributed by atoms with E-state index in [9.17, 15) is 24.6 Å². The second-order valence-electron chi connectivity index (χ2n) is 5.15. The lowest BCUT2D eigenvalue weighted by atomic mass is 9.97. The minimum Gasteiger partial charge on any atom is -0.432 e. The summed E-state index contributed by atoms with van der Waals surface area (Å²) >= 11 is 0. The second kappa shape index (κ2) is 8.17. The van der Waals surface area contributed by atoms with Crippen molar-refractivity contribution < 1.29 is 39.2 Å². The molecule has 0 bridgehead atoms. The molecule has 1 heterocycles. The number of nitrogens with two attached hydrogens (primary N) is 2. The molecule has 1 aliphatic rings. The summed E-state index contributed by atoms with van der Waals surface area (Å²) in [5.41, 5.74) is 10.4. The van der Waals surface area contributed by atoms with Crippen LogP contribution in [0.2, 0.25) is 0 Å². The summed E-state index contributed by atoms with van der Waals surface area (Å²) in [5, 5.41) is 31.2. The molecule has 11 heteroatoms. The van der Waals surface area contributed by atoms with Crippen molar-refractivity contribution in [3.63, 3.8) is 0 Å². The van der Waals surface area contributed by atoms with E-state index >= 15 is 0 Å². The average molecular weight is 335 g/mol. The maximum Gasteiger partial charge on any atom is 0.325 e. The predicted molar refractivity (Wildman–Crippen MR) is 73.2 cm³/mol. The van der Waals surface area contributed by atoms with Gasteiger partial charge in [-0.05, 0) is 0 Å². The monoisotopic (exact) mass is 335 g/mol. The predicted octanol–water partition coefficient (Wildman–Crippen LogP) is -4.32. The zero-order chi connectivity index (χ0) is 17.7. The number of esters is 1. The number of amides is 2. The molecule has 2 amide bonds. The highest BCUT2D eigenvalue weighted by Gasteiger charge is 2.46. The summed E-state index contributed by atoms with van der Waals surface area (Å²) in [7, 11) is 0.